The zero-order valence-electron chi connectivity index (χ0n) is 13.3. The van der Waals surface area contributed by atoms with Crippen LogP contribution in [0.4, 0.5) is 4.79 Å². The predicted octanol–water partition coefficient (Wildman–Crippen LogP) is 1.45. The van der Waals surface area contributed by atoms with Gasteiger partial charge in [-0.15, -0.1) is 0 Å². The summed E-state index contributed by atoms with van der Waals surface area (Å²) < 4.78 is 15.9. The molecule has 7 nitrogen and oxygen atoms in total. The lowest BCUT2D eigenvalue weighted by Gasteiger charge is -2.11. The number of amides is 2. The monoisotopic (exact) mass is 332 g/mol. The highest BCUT2D eigenvalue weighted by atomic mass is 16.7. The molecule has 128 valence electrons. The fourth-order valence-electron chi connectivity index (χ4n) is 3.00. The van der Waals surface area contributed by atoms with Gasteiger partial charge in [-0.1, -0.05) is 6.07 Å². The Balaban J connectivity index is 1.20. The number of carbonyl (C=O) groups is 2. The number of benzene rings is 1. The molecule has 1 aromatic rings. The quantitative estimate of drug-likeness (QED) is 0.853. The van der Waals surface area contributed by atoms with Gasteiger partial charge >= 0.3 is 6.09 Å². The van der Waals surface area contributed by atoms with E-state index in [0.717, 1.165) is 29.9 Å². The van der Waals surface area contributed by atoms with Crippen LogP contribution in [-0.4, -0.2) is 48.9 Å². The first kappa shape index (κ1) is 15.1. The van der Waals surface area contributed by atoms with Crippen LogP contribution in [0.5, 0.6) is 11.5 Å². The molecule has 1 saturated carbocycles. The molecule has 4 rings (SSSR count). The summed E-state index contributed by atoms with van der Waals surface area (Å²) in [5, 5.41) is 2.85. The summed E-state index contributed by atoms with van der Waals surface area (Å²) in [7, 11) is 0. The summed E-state index contributed by atoms with van der Waals surface area (Å²) in [5.74, 6) is 1.42. The van der Waals surface area contributed by atoms with Crippen LogP contribution < -0.4 is 14.8 Å². The number of aryl methyl sites for hydroxylation is 1. The molecule has 0 aromatic heterocycles. The van der Waals surface area contributed by atoms with Gasteiger partial charge in [0.2, 0.25) is 12.7 Å². The summed E-state index contributed by atoms with van der Waals surface area (Å²) in [6.07, 6.45) is 2.63. The van der Waals surface area contributed by atoms with E-state index in [1.165, 1.54) is 0 Å². The van der Waals surface area contributed by atoms with Crippen molar-refractivity contribution in [3.05, 3.63) is 23.8 Å². The third-order valence-corrected chi connectivity index (χ3v) is 4.49. The second kappa shape index (κ2) is 6.22. The Labute approximate surface area is 139 Å². The number of carbonyl (C=O) groups excluding carboxylic acids is 2. The van der Waals surface area contributed by atoms with Gasteiger partial charge in [-0.05, 0) is 37.0 Å². The second-order valence-corrected chi connectivity index (χ2v) is 6.38. The van der Waals surface area contributed by atoms with Crippen LogP contribution in [0.2, 0.25) is 0 Å². The maximum absolute atomic E-state index is 12.0. The molecule has 1 saturated heterocycles. The Morgan fingerprint density at radius 3 is 2.92 bits per heavy atom. The van der Waals surface area contributed by atoms with Crippen LogP contribution >= 0.6 is 0 Å². The third kappa shape index (κ3) is 3.25. The van der Waals surface area contributed by atoms with Crippen LogP contribution in [0, 0.1) is 0 Å². The first-order chi connectivity index (χ1) is 11.7. The van der Waals surface area contributed by atoms with Crippen molar-refractivity contribution in [2.75, 3.05) is 19.9 Å². The third-order valence-electron chi connectivity index (χ3n) is 4.49. The number of rotatable bonds is 6. The van der Waals surface area contributed by atoms with Gasteiger partial charge in [-0.25, -0.2) is 4.79 Å². The average molecular weight is 332 g/mol. The summed E-state index contributed by atoms with van der Waals surface area (Å²) in [6, 6.07) is 6.05. The normalized spacial score (nSPS) is 21.8. The topological polar surface area (TPSA) is 77.1 Å². The van der Waals surface area contributed by atoms with Gasteiger partial charge in [-0.3, -0.25) is 4.79 Å². The molecule has 2 aliphatic heterocycles. The molecule has 0 spiro atoms. The Hall–Kier alpha value is -2.44. The molecule has 2 heterocycles. The maximum atomic E-state index is 12.0. The summed E-state index contributed by atoms with van der Waals surface area (Å²) in [6.45, 7) is 1.19. The van der Waals surface area contributed by atoms with E-state index in [-0.39, 0.29) is 24.9 Å². The number of fused-ring (bicyclic) bond motifs is 1. The van der Waals surface area contributed by atoms with E-state index in [2.05, 4.69) is 5.32 Å². The van der Waals surface area contributed by atoms with E-state index in [1.54, 1.807) is 4.90 Å². The van der Waals surface area contributed by atoms with E-state index >= 15 is 0 Å². The standard InChI is InChI=1S/C17H20N2O5/c20-16(6-2-11-1-5-14-15(7-11)23-10-22-14)18-8-13-9-19(12-3-4-12)17(21)24-13/h1,5,7,12-13H,2-4,6,8-10H2,(H,18,20). The average Bonchev–Trinajstić information content (AvgIpc) is 3.19. The van der Waals surface area contributed by atoms with Crippen molar-refractivity contribution in [3.63, 3.8) is 0 Å². The van der Waals surface area contributed by atoms with Gasteiger partial charge in [0.1, 0.15) is 6.10 Å². The minimum atomic E-state index is -0.253. The summed E-state index contributed by atoms with van der Waals surface area (Å²) in [4.78, 5) is 25.4. The molecular formula is C17H20N2O5. The van der Waals surface area contributed by atoms with E-state index in [4.69, 9.17) is 14.2 Å². The molecule has 3 aliphatic rings. The van der Waals surface area contributed by atoms with Crippen LogP contribution in [-0.2, 0) is 16.0 Å². The van der Waals surface area contributed by atoms with Crippen LogP contribution in [0.15, 0.2) is 18.2 Å². The molecular weight excluding hydrogens is 312 g/mol. The number of hydrogen-bond acceptors (Lipinski definition) is 5. The van der Waals surface area contributed by atoms with Gasteiger partial charge in [0.05, 0.1) is 13.1 Å². The molecule has 1 unspecified atom stereocenters. The molecule has 7 heteroatoms. The van der Waals surface area contributed by atoms with E-state index in [1.807, 2.05) is 18.2 Å². The number of cyclic esters (lactones) is 1. The Morgan fingerprint density at radius 2 is 2.08 bits per heavy atom. The maximum Gasteiger partial charge on any atom is 0.410 e. The first-order valence-corrected chi connectivity index (χ1v) is 8.31. The van der Waals surface area contributed by atoms with E-state index < -0.39 is 0 Å². The molecule has 0 bridgehead atoms. The van der Waals surface area contributed by atoms with Gasteiger partial charge < -0.3 is 24.4 Å². The highest BCUT2D eigenvalue weighted by molar-refractivity contribution is 5.76. The zero-order chi connectivity index (χ0) is 16.5. The lowest BCUT2D eigenvalue weighted by molar-refractivity contribution is -0.121. The lowest BCUT2D eigenvalue weighted by Crippen LogP contribution is -2.35. The highest BCUT2D eigenvalue weighted by Crippen LogP contribution is 2.33. The zero-order valence-corrected chi connectivity index (χ0v) is 13.3. The Bertz CT molecular complexity index is 658. The van der Waals surface area contributed by atoms with E-state index in [9.17, 15) is 9.59 Å². The molecule has 1 aliphatic carbocycles. The SMILES string of the molecule is O=C(CCc1ccc2c(c1)OCO2)NCC1CN(C2CC2)C(=O)O1. The molecule has 2 fully saturated rings. The molecule has 0 radical (unpaired) electrons. The lowest BCUT2D eigenvalue weighted by atomic mass is 10.1. The van der Waals surface area contributed by atoms with Crippen molar-refractivity contribution in [2.45, 2.75) is 37.8 Å². The fourth-order valence-corrected chi connectivity index (χ4v) is 3.00. The van der Waals surface area contributed by atoms with Crippen LogP contribution in [0.25, 0.3) is 0 Å². The number of nitrogens with one attached hydrogen (secondary N) is 1. The second-order valence-electron chi connectivity index (χ2n) is 6.38. The van der Waals surface area contributed by atoms with E-state index in [0.29, 0.717) is 32.0 Å². The van der Waals surface area contributed by atoms with Crippen molar-refractivity contribution in [2.24, 2.45) is 0 Å². The highest BCUT2D eigenvalue weighted by Gasteiger charge is 2.40. The summed E-state index contributed by atoms with van der Waals surface area (Å²) >= 11 is 0. The molecule has 1 aromatic carbocycles. The predicted molar refractivity (Wildman–Crippen MR) is 83.9 cm³/mol. The van der Waals surface area contributed by atoms with Crippen molar-refractivity contribution < 1.29 is 23.8 Å². The Morgan fingerprint density at radius 1 is 1.25 bits per heavy atom. The van der Waals surface area contributed by atoms with Crippen molar-refractivity contribution in [1.29, 1.82) is 0 Å². The number of hydrogen-bond donors (Lipinski definition) is 1. The number of ether oxygens (including phenoxy) is 3. The van der Waals surface area contributed by atoms with Crippen molar-refractivity contribution in [3.8, 4) is 11.5 Å². The van der Waals surface area contributed by atoms with Gasteiger partial charge in [0.15, 0.2) is 11.5 Å². The van der Waals surface area contributed by atoms with Gasteiger partial charge in [0.25, 0.3) is 0 Å². The first-order valence-electron chi connectivity index (χ1n) is 8.31. The Kier molecular flexibility index (Phi) is 3.92. The van der Waals surface area contributed by atoms with Crippen LogP contribution in [0.3, 0.4) is 0 Å². The smallest absolute Gasteiger partial charge is 0.410 e. The summed E-state index contributed by atoms with van der Waals surface area (Å²) in [5.41, 5.74) is 1.03. The van der Waals surface area contributed by atoms with Crippen molar-refractivity contribution >= 4 is 12.0 Å². The molecule has 24 heavy (non-hydrogen) atoms. The van der Waals surface area contributed by atoms with Crippen LogP contribution in [0.1, 0.15) is 24.8 Å². The molecule has 1 atom stereocenters. The minimum absolute atomic E-state index is 0.0476. The minimum Gasteiger partial charge on any atom is -0.454 e. The van der Waals surface area contributed by atoms with Crippen molar-refractivity contribution in [1.82, 2.24) is 10.2 Å². The van der Waals surface area contributed by atoms with Gasteiger partial charge in [-0.2, -0.15) is 0 Å². The largest absolute Gasteiger partial charge is 0.454 e. The molecule has 1 N–H and O–H groups in total. The fraction of sp³-hybridized carbons (Fsp3) is 0.529. The number of nitrogens with zero attached hydrogens (tertiary/aromatic N) is 1. The molecule has 2 amide bonds. The van der Waals surface area contributed by atoms with Gasteiger partial charge in [0, 0.05) is 12.5 Å².